The van der Waals surface area contributed by atoms with E-state index in [0.29, 0.717) is 28.7 Å². The molecule has 30 heavy (non-hydrogen) atoms. The molecular formula is C24H21Cl2N3O. The van der Waals surface area contributed by atoms with Gasteiger partial charge in [0.25, 0.3) is 5.91 Å². The SMILES string of the molecule is Cc1ccc(C(=O)NCc2nc3ccccc3n2Cc2ccc(Cl)c(Cl)c2)c(C)c1. The highest BCUT2D eigenvalue weighted by Crippen LogP contribution is 2.25. The fourth-order valence-electron chi connectivity index (χ4n) is 3.58. The number of aryl methyl sites for hydroxylation is 2. The first kappa shape index (κ1) is 20.5. The third-order valence-corrected chi connectivity index (χ3v) is 5.83. The van der Waals surface area contributed by atoms with Crippen LogP contribution in [0.5, 0.6) is 0 Å². The van der Waals surface area contributed by atoms with Crippen LogP contribution in [0.4, 0.5) is 0 Å². The summed E-state index contributed by atoms with van der Waals surface area (Å²) in [6.45, 7) is 4.86. The molecule has 0 radical (unpaired) electrons. The summed E-state index contributed by atoms with van der Waals surface area (Å²) in [4.78, 5) is 17.5. The summed E-state index contributed by atoms with van der Waals surface area (Å²) in [6, 6.07) is 19.3. The average Bonchev–Trinajstić information content (AvgIpc) is 3.06. The maximum atomic E-state index is 12.7. The van der Waals surface area contributed by atoms with Crippen molar-refractivity contribution in [3.05, 3.63) is 98.8 Å². The maximum absolute atomic E-state index is 12.7. The summed E-state index contributed by atoms with van der Waals surface area (Å²) in [5, 5.41) is 4.06. The van der Waals surface area contributed by atoms with Crippen LogP contribution in [0.2, 0.25) is 10.0 Å². The molecule has 0 atom stereocenters. The minimum absolute atomic E-state index is 0.111. The molecule has 4 aromatic rings. The number of hydrogen-bond acceptors (Lipinski definition) is 2. The van der Waals surface area contributed by atoms with Crippen LogP contribution in [0, 0.1) is 13.8 Å². The fourth-order valence-corrected chi connectivity index (χ4v) is 3.90. The third-order valence-electron chi connectivity index (χ3n) is 5.09. The van der Waals surface area contributed by atoms with Gasteiger partial charge in [-0.1, -0.05) is 59.1 Å². The molecule has 3 aromatic carbocycles. The number of rotatable bonds is 5. The molecule has 1 amide bonds. The molecule has 0 aliphatic carbocycles. The van der Waals surface area contributed by atoms with Crippen molar-refractivity contribution in [2.75, 3.05) is 0 Å². The molecule has 1 heterocycles. The minimum Gasteiger partial charge on any atom is -0.345 e. The zero-order chi connectivity index (χ0) is 21.3. The predicted octanol–water partition coefficient (Wildman–Crippen LogP) is 5.94. The highest BCUT2D eigenvalue weighted by molar-refractivity contribution is 6.42. The number of hydrogen-bond donors (Lipinski definition) is 1. The van der Waals surface area contributed by atoms with Gasteiger partial charge < -0.3 is 9.88 Å². The van der Waals surface area contributed by atoms with E-state index in [1.165, 1.54) is 0 Å². The van der Waals surface area contributed by atoms with Crippen LogP contribution in [-0.2, 0) is 13.1 Å². The monoisotopic (exact) mass is 437 g/mol. The Bertz CT molecular complexity index is 1250. The van der Waals surface area contributed by atoms with Gasteiger partial charge >= 0.3 is 0 Å². The Hall–Kier alpha value is -2.82. The molecule has 0 bridgehead atoms. The van der Waals surface area contributed by atoms with E-state index in [1.54, 1.807) is 6.07 Å². The highest BCUT2D eigenvalue weighted by atomic mass is 35.5. The van der Waals surface area contributed by atoms with Gasteiger partial charge in [-0.15, -0.1) is 0 Å². The van der Waals surface area contributed by atoms with E-state index >= 15 is 0 Å². The Labute approximate surface area is 185 Å². The summed E-state index contributed by atoms with van der Waals surface area (Å²) in [5.74, 6) is 0.668. The van der Waals surface area contributed by atoms with Gasteiger partial charge in [0.2, 0.25) is 0 Å². The molecule has 0 fully saturated rings. The second-order valence-electron chi connectivity index (χ2n) is 7.35. The predicted molar refractivity (Wildman–Crippen MR) is 122 cm³/mol. The van der Waals surface area contributed by atoms with Gasteiger partial charge in [-0.2, -0.15) is 0 Å². The van der Waals surface area contributed by atoms with Crippen LogP contribution < -0.4 is 5.32 Å². The van der Waals surface area contributed by atoms with Crippen LogP contribution >= 0.6 is 23.2 Å². The van der Waals surface area contributed by atoms with Crippen LogP contribution in [0.3, 0.4) is 0 Å². The lowest BCUT2D eigenvalue weighted by Gasteiger charge is -2.12. The first-order chi connectivity index (χ1) is 14.4. The number of nitrogens with zero attached hydrogens (tertiary/aromatic N) is 2. The molecule has 0 unspecified atom stereocenters. The summed E-state index contributed by atoms with van der Waals surface area (Å²) in [7, 11) is 0. The van der Waals surface area contributed by atoms with E-state index in [2.05, 4.69) is 9.88 Å². The van der Waals surface area contributed by atoms with E-state index < -0.39 is 0 Å². The Morgan fingerprint density at radius 2 is 1.80 bits per heavy atom. The number of carbonyl (C=O) groups excluding carboxylic acids is 1. The van der Waals surface area contributed by atoms with Crippen molar-refractivity contribution < 1.29 is 4.79 Å². The number of halogens is 2. The van der Waals surface area contributed by atoms with Gasteiger partial charge in [-0.05, 0) is 55.3 Å². The molecule has 4 nitrogen and oxygen atoms in total. The Morgan fingerprint density at radius 1 is 1.00 bits per heavy atom. The second-order valence-corrected chi connectivity index (χ2v) is 8.17. The van der Waals surface area contributed by atoms with Crippen LogP contribution in [0.1, 0.15) is 32.9 Å². The summed E-state index contributed by atoms with van der Waals surface area (Å²) in [5.41, 5.74) is 5.65. The minimum atomic E-state index is -0.111. The van der Waals surface area contributed by atoms with Crippen LogP contribution in [0.15, 0.2) is 60.7 Å². The first-order valence-electron chi connectivity index (χ1n) is 9.66. The van der Waals surface area contributed by atoms with Crippen molar-refractivity contribution in [2.45, 2.75) is 26.9 Å². The number of aromatic nitrogens is 2. The average molecular weight is 438 g/mol. The molecule has 6 heteroatoms. The van der Waals surface area contributed by atoms with E-state index in [0.717, 1.165) is 33.5 Å². The number of carbonyl (C=O) groups is 1. The van der Waals surface area contributed by atoms with Gasteiger partial charge in [0.05, 0.1) is 27.6 Å². The topological polar surface area (TPSA) is 46.9 Å². The zero-order valence-corrected chi connectivity index (χ0v) is 18.3. The lowest BCUT2D eigenvalue weighted by Crippen LogP contribution is -2.25. The van der Waals surface area contributed by atoms with Crippen molar-refractivity contribution >= 4 is 40.1 Å². The lowest BCUT2D eigenvalue weighted by atomic mass is 10.1. The quantitative estimate of drug-likeness (QED) is 0.419. The molecule has 152 valence electrons. The van der Waals surface area contributed by atoms with Crippen molar-refractivity contribution in [1.82, 2.24) is 14.9 Å². The van der Waals surface area contributed by atoms with E-state index in [-0.39, 0.29) is 5.91 Å². The molecule has 0 spiro atoms. The lowest BCUT2D eigenvalue weighted by molar-refractivity contribution is 0.0949. The zero-order valence-electron chi connectivity index (χ0n) is 16.7. The van der Waals surface area contributed by atoms with Crippen molar-refractivity contribution in [3.63, 3.8) is 0 Å². The van der Waals surface area contributed by atoms with Gasteiger partial charge in [0, 0.05) is 12.1 Å². The molecule has 4 rings (SSSR count). The summed E-state index contributed by atoms with van der Waals surface area (Å²) >= 11 is 12.3. The van der Waals surface area contributed by atoms with Crippen LogP contribution in [-0.4, -0.2) is 15.5 Å². The molecule has 1 N–H and O–H groups in total. The Morgan fingerprint density at radius 3 is 2.57 bits per heavy atom. The Kier molecular flexibility index (Phi) is 5.80. The van der Waals surface area contributed by atoms with Gasteiger partial charge in [0.1, 0.15) is 5.82 Å². The summed E-state index contributed by atoms with van der Waals surface area (Å²) in [6.07, 6.45) is 0. The molecule has 1 aromatic heterocycles. The highest BCUT2D eigenvalue weighted by Gasteiger charge is 2.14. The molecular weight excluding hydrogens is 417 g/mol. The smallest absolute Gasteiger partial charge is 0.251 e. The fraction of sp³-hybridized carbons (Fsp3) is 0.167. The van der Waals surface area contributed by atoms with E-state index in [9.17, 15) is 4.79 Å². The number of benzene rings is 3. The third kappa shape index (κ3) is 4.20. The Balaban J connectivity index is 1.62. The maximum Gasteiger partial charge on any atom is 0.251 e. The number of para-hydroxylation sites is 2. The van der Waals surface area contributed by atoms with E-state index in [1.807, 2.05) is 68.4 Å². The van der Waals surface area contributed by atoms with Crippen molar-refractivity contribution in [3.8, 4) is 0 Å². The van der Waals surface area contributed by atoms with Crippen molar-refractivity contribution in [2.24, 2.45) is 0 Å². The number of imidazole rings is 1. The van der Waals surface area contributed by atoms with Gasteiger partial charge in [-0.3, -0.25) is 4.79 Å². The first-order valence-corrected chi connectivity index (χ1v) is 10.4. The summed E-state index contributed by atoms with van der Waals surface area (Å²) < 4.78 is 2.09. The van der Waals surface area contributed by atoms with Gasteiger partial charge in [0.15, 0.2) is 0 Å². The number of amides is 1. The number of fused-ring (bicyclic) bond motifs is 1. The number of nitrogens with one attached hydrogen (secondary N) is 1. The molecule has 0 aliphatic rings. The van der Waals surface area contributed by atoms with E-state index in [4.69, 9.17) is 28.2 Å². The van der Waals surface area contributed by atoms with Gasteiger partial charge in [-0.25, -0.2) is 4.98 Å². The standard InChI is InChI=1S/C24H21Cl2N3O/c1-15-7-9-18(16(2)11-15)24(30)27-13-23-28-21-5-3-4-6-22(21)29(23)14-17-8-10-19(25)20(26)12-17/h3-12H,13-14H2,1-2H3,(H,27,30). The van der Waals surface area contributed by atoms with Crippen LogP contribution in [0.25, 0.3) is 11.0 Å². The molecule has 0 saturated carbocycles. The molecule has 0 saturated heterocycles. The second kappa shape index (κ2) is 8.50. The largest absolute Gasteiger partial charge is 0.345 e. The van der Waals surface area contributed by atoms with Crippen molar-refractivity contribution in [1.29, 1.82) is 0 Å². The normalized spacial score (nSPS) is 11.1. The molecule has 0 aliphatic heterocycles.